The highest BCUT2D eigenvalue weighted by Crippen LogP contribution is 2.68. The third kappa shape index (κ3) is 3.16. The van der Waals surface area contributed by atoms with Gasteiger partial charge in [-0.25, -0.2) is 0 Å². The van der Waals surface area contributed by atoms with E-state index in [1.54, 1.807) is 0 Å². The van der Waals surface area contributed by atoms with Crippen molar-refractivity contribution in [2.24, 2.45) is 52.1 Å². The second-order valence-electron chi connectivity index (χ2n) is 11.3. The van der Waals surface area contributed by atoms with Gasteiger partial charge in [0.1, 0.15) is 0 Å². The molecule has 0 aromatic heterocycles. The predicted octanol–water partition coefficient (Wildman–Crippen LogP) is 5.47. The fourth-order valence-electron chi connectivity index (χ4n) is 8.82. The second-order valence-corrected chi connectivity index (χ2v) is 11.3. The van der Waals surface area contributed by atoms with E-state index in [9.17, 15) is 4.79 Å². The number of carboxylic acids is 1. The van der Waals surface area contributed by atoms with Crippen molar-refractivity contribution in [2.75, 3.05) is 0 Å². The Morgan fingerprint density at radius 2 is 1.74 bits per heavy atom. The minimum absolute atomic E-state index is 0.338. The Morgan fingerprint density at radius 1 is 1.04 bits per heavy atom. The Balaban J connectivity index is 1.51. The first-order valence-electron chi connectivity index (χ1n) is 11.7. The Bertz CT molecular complexity index is 577. The average molecular weight is 376 g/mol. The zero-order chi connectivity index (χ0) is 19.4. The van der Waals surface area contributed by atoms with Crippen LogP contribution in [0.2, 0.25) is 0 Å². The van der Waals surface area contributed by atoms with E-state index in [-0.39, 0.29) is 0 Å². The van der Waals surface area contributed by atoms with Crippen molar-refractivity contribution in [3.05, 3.63) is 0 Å². The van der Waals surface area contributed by atoms with E-state index in [2.05, 4.69) is 20.8 Å². The van der Waals surface area contributed by atoms with Crippen molar-refractivity contribution in [3.8, 4) is 0 Å². The first-order chi connectivity index (χ1) is 12.8. The highest BCUT2D eigenvalue weighted by atomic mass is 16.4. The summed E-state index contributed by atoms with van der Waals surface area (Å²) in [7, 11) is 0. The first-order valence-corrected chi connectivity index (χ1v) is 11.7. The summed E-state index contributed by atoms with van der Waals surface area (Å²) in [6, 6.07) is 0.444. The summed E-state index contributed by atoms with van der Waals surface area (Å²) in [6.45, 7) is 7.52. The first kappa shape index (κ1) is 19.7. The third-order valence-corrected chi connectivity index (χ3v) is 10.3. The molecule has 154 valence electrons. The Kier molecular flexibility index (Phi) is 5.15. The molecule has 0 amide bonds. The lowest BCUT2D eigenvalue weighted by atomic mass is 9.44. The smallest absolute Gasteiger partial charge is 0.303 e. The Labute approximate surface area is 165 Å². The Morgan fingerprint density at radius 3 is 2.48 bits per heavy atom. The largest absolute Gasteiger partial charge is 0.481 e. The molecule has 4 saturated carbocycles. The Hall–Kier alpha value is -0.570. The van der Waals surface area contributed by atoms with Crippen LogP contribution in [0, 0.1) is 46.3 Å². The van der Waals surface area contributed by atoms with Gasteiger partial charge in [0.05, 0.1) is 0 Å². The molecule has 9 atom stereocenters. The third-order valence-electron chi connectivity index (χ3n) is 10.3. The monoisotopic (exact) mass is 375 g/mol. The molecule has 4 unspecified atom stereocenters. The van der Waals surface area contributed by atoms with Gasteiger partial charge in [0.25, 0.3) is 0 Å². The number of hydrogen-bond acceptors (Lipinski definition) is 2. The van der Waals surface area contributed by atoms with Crippen LogP contribution in [0.4, 0.5) is 0 Å². The van der Waals surface area contributed by atoms with Crippen LogP contribution in [-0.2, 0) is 4.79 Å². The van der Waals surface area contributed by atoms with Gasteiger partial charge >= 0.3 is 5.97 Å². The van der Waals surface area contributed by atoms with Crippen molar-refractivity contribution in [1.29, 1.82) is 0 Å². The second kappa shape index (κ2) is 7.04. The molecule has 0 aliphatic heterocycles. The summed E-state index contributed by atoms with van der Waals surface area (Å²) >= 11 is 0. The van der Waals surface area contributed by atoms with Gasteiger partial charge < -0.3 is 10.8 Å². The van der Waals surface area contributed by atoms with Crippen LogP contribution in [0.1, 0.15) is 91.4 Å². The number of rotatable bonds is 4. The number of aliphatic carboxylic acids is 1. The van der Waals surface area contributed by atoms with E-state index in [1.165, 1.54) is 57.8 Å². The van der Waals surface area contributed by atoms with E-state index >= 15 is 0 Å². The number of carbonyl (C=O) groups is 1. The summed E-state index contributed by atoms with van der Waals surface area (Å²) < 4.78 is 0. The maximum Gasteiger partial charge on any atom is 0.303 e. The molecule has 0 heterocycles. The summed E-state index contributed by atoms with van der Waals surface area (Å²) in [5.74, 6) is 4.21. The highest BCUT2D eigenvalue weighted by Gasteiger charge is 2.60. The van der Waals surface area contributed by atoms with Crippen LogP contribution >= 0.6 is 0 Å². The molecular weight excluding hydrogens is 334 g/mol. The number of fused-ring (bicyclic) bond motifs is 5. The molecular formula is C24H41NO2. The fraction of sp³-hybridized carbons (Fsp3) is 0.958. The lowest BCUT2D eigenvalue weighted by molar-refractivity contribution is -0.137. The molecule has 3 heteroatoms. The average Bonchev–Trinajstić information content (AvgIpc) is 2.97. The summed E-state index contributed by atoms with van der Waals surface area (Å²) in [4.78, 5) is 11.1. The molecule has 0 aromatic rings. The molecule has 4 rings (SSSR count). The summed E-state index contributed by atoms with van der Waals surface area (Å²) in [5.41, 5.74) is 7.32. The van der Waals surface area contributed by atoms with E-state index in [0.29, 0.717) is 29.2 Å². The van der Waals surface area contributed by atoms with Gasteiger partial charge in [-0.2, -0.15) is 0 Å². The van der Waals surface area contributed by atoms with Crippen LogP contribution in [0.3, 0.4) is 0 Å². The van der Waals surface area contributed by atoms with Crippen LogP contribution in [-0.4, -0.2) is 17.1 Å². The molecule has 4 aliphatic rings. The molecule has 3 nitrogen and oxygen atoms in total. The van der Waals surface area contributed by atoms with Crippen molar-refractivity contribution >= 4 is 5.97 Å². The van der Waals surface area contributed by atoms with Gasteiger partial charge in [0.15, 0.2) is 0 Å². The highest BCUT2D eigenvalue weighted by molar-refractivity contribution is 5.66. The molecule has 0 bridgehead atoms. The van der Waals surface area contributed by atoms with Gasteiger partial charge in [-0.15, -0.1) is 0 Å². The lowest BCUT2D eigenvalue weighted by Gasteiger charge is -2.61. The molecule has 0 saturated heterocycles. The molecule has 27 heavy (non-hydrogen) atoms. The van der Waals surface area contributed by atoms with Crippen LogP contribution in [0.25, 0.3) is 0 Å². The van der Waals surface area contributed by atoms with Crippen LogP contribution < -0.4 is 5.73 Å². The van der Waals surface area contributed by atoms with Crippen molar-refractivity contribution in [3.63, 3.8) is 0 Å². The molecule has 4 fully saturated rings. The van der Waals surface area contributed by atoms with Gasteiger partial charge in [-0.3, -0.25) is 4.79 Å². The molecule has 4 aliphatic carbocycles. The maximum atomic E-state index is 11.1. The zero-order valence-corrected chi connectivity index (χ0v) is 17.8. The minimum atomic E-state index is -0.632. The maximum absolute atomic E-state index is 11.1. The van der Waals surface area contributed by atoms with E-state index in [4.69, 9.17) is 10.8 Å². The molecule has 0 spiro atoms. The van der Waals surface area contributed by atoms with Crippen molar-refractivity contribution < 1.29 is 9.90 Å². The van der Waals surface area contributed by atoms with Crippen LogP contribution in [0.15, 0.2) is 0 Å². The van der Waals surface area contributed by atoms with Gasteiger partial charge in [-0.05, 0) is 111 Å². The van der Waals surface area contributed by atoms with E-state index in [1.807, 2.05) is 0 Å². The quantitative estimate of drug-likeness (QED) is 0.684. The van der Waals surface area contributed by atoms with Crippen molar-refractivity contribution in [1.82, 2.24) is 0 Å². The SMILES string of the molecule is CC(CCC(=O)O)[C@H]1CCC2C3CC[C@@H]4C[C@@H](N)CC[C@]4(C)C3CC[C@@]21C. The standard InChI is InChI=1S/C24H41NO2/c1-15(4-9-22(26)27)19-7-8-20-18-6-5-16-14-17(25)10-12-23(16,2)21(18)11-13-24(19,20)3/h15-21H,4-14,25H2,1-3H3,(H,26,27)/t15?,16-,17+,18?,19-,20?,21?,23+,24-/m1/s1. The number of nitrogens with two attached hydrogens (primary N) is 1. The zero-order valence-electron chi connectivity index (χ0n) is 17.8. The normalized spacial score (nSPS) is 50.4. The summed E-state index contributed by atoms with van der Waals surface area (Å²) in [6.07, 6.45) is 13.3. The minimum Gasteiger partial charge on any atom is -0.481 e. The van der Waals surface area contributed by atoms with Gasteiger partial charge in [-0.1, -0.05) is 20.8 Å². The fourth-order valence-corrected chi connectivity index (χ4v) is 8.82. The number of carboxylic acid groups (broad SMARTS) is 1. The molecule has 0 radical (unpaired) electrons. The predicted molar refractivity (Wildman–Crippen MR) is 109 cm³/mol. The molecule has 0 aromatic carbocycles. The van der Waals surface area contributed by atoms with Gasteiger partial charge in [0, 0.05) is 12.5 Å². The molecule has 3 N–H and O–H groups in total. The van der Waals surface area contributed by atoms with Crippen molar-refractivity contribution in [2.45, 2.75) is 97.4 Å². The lowest BCUT2D eigenvalue weighted by Crippen LogP contribution is -2.54. The number of hydrogen-bond donors (Lipinski definition) is 2. The van der Waals surface area contributed by atoms with E-state index < -0.39 is 5.97 Å². The topological polar surface area (TPSA) is 63.3 Å². The van der Waals surface area contributed by atoms with Gasteiger partial charge in [0.2, 0.25) is 0 Å². The summed E-state index contributed by atoms with van der Waals surface area (Å²) in [5, 5.41) is 9.10. The van der Waals surface area contributed by atoms with E-state index in [0.717, 1.165) is 36.0 Å². The van der Waals surface area contributed by atoms with Crippen LogP contribution in [0.5, 0.6) is 0 Å².